The predicted octanol–water partition coefficient (Wildman–Crippen LogP) is 1.52. The van der Waals surface area contributed by atoms with Crippen LogP contribution in [0.5, 0.6) is 5.75 Å². The van der Waals surface area contributed by atoms with Crippen molar-refractivity contribution in [3.8, 4) is 5.75 Å². The Morgan fingerprint density at radius 3 is 2.84 bits per heavy atom. The predicted molar refractivity (Wildman–Crippen MR) is 71.4 cm³/mol. The number of aromatic nitrogens is 2. The van der Waals surface area contributed by atoms with Gasteiger partial charge in [-0.25, -0.2) is 4.98 Å². The Kier molecular flexibility index (Phi) is 4.30. The van der Waals surface area contributed by atoms with Crippen LogP contribution in [0.1, 0.15) is 17.1 Å². The summed E-state index contributed by atoms with van der Waals surface area (Å²) in [7, 11) is 3.20. The van der Waals surface area contributed by atoms with E-state index >= 15 is 0 Å². The SMILES string of the molecule is COCc1cc(=O)[nH]c(Cc2cccc(OC)c2)n1. The van der Waals surface area contributed by atoms with Gasteiger partial charge in [0, 0.05) is 19.6 Å². The zero-order valence-electron chi connectivity index (χ0n) is 11.0. The van der Waals surface area contributed by atoms with E-state index in [1.165, 1.54) is 6.07 Å². The smallest absolute Gasteiger partial charge is 0.251 e. The van der Waals surface area contributed by atoms with E-state index in [0.717, 1.165) is 11.3 Å². The molecule has 1 N–H and O–H groups in total. The van der Waals surface area contributed by atoms with Gasteiger partial charge in [-0.1, -0.05) is 12.1 Å². The third kappa shape index (κ3) is 3.66. The van der Waals surface area contributed by atoms with Crippen LogP contribution in [-0.4, -0.2) is 24.2 Å². The zero-order chi connectivity index (χ0) is 13.7. The molecule has 0 unspecified atom stereocenters. The van der Waals surface area contributed by atoms with Crippen LogP contribution in [-0.2, 0) is 17.8 Å². The van der Waals surface area contributed by atoms with Gasteiger partial charge in [0.25, 0.3) is 5.56 Å². The van der Waals surface area contributed by atoms with Crippen LogP contribution < -0.4 is 10.3 Å². The fourth-order valence-corrected chi connectivity index (χ4v) is 1.84. The molecule has 0 aliphatic heterocycles. The minimum Gasteiger partial charge on any atom is -0.497 e. The van der Waals surface area contributed by atoms with Gasteiger partial charge in [-0.15, -0.1) is 0 Å². The van der Waals surface area contributed by atoms with Gasteiger partial charge in [-0.3, -0.25) is 4.79 Å². The van der Waals surface area contributed by atoms with Crippen LogP contribution in [0.3, 0.4) is 0 Å². The van der Waals surface area contributed by atoms with Gasteiger partial charge in [-0.05, 0) is 17.7 Å². The summed E-state index contributed by atoms with van der Waals surface area (Å²) in [5, 5.41) is 0. The van der Waals surface area contributed by atoms with E-state index in [-0.39, 0.29) is 5.56 Å². The molecule has 0 amide bonds. The van der Waals surface area contributed by atoms with Gasteiger partial charge < -0.3 is 14.5 Å². The maximum absolute atomic E-state index is 11.5. The van der Waals surface area contributed by atoms with Crippen molar-refractivity contribution < 1.29 is 9.47 Å². The summed E-state index contributed by atoms with van der Waals surface area (Å²) in [6, 6.07) is 9.11. The van der Waals surface area contributed by atoms with Crippen LogP contribution in [0.4, 0.5) is 0 Å². The van der Waals surface area contributed by atoms with Crippen molar-refractivity contribution in [2.45, 2.75) is 13.0 Å². The highest BCUT2D eigenvalue weighted by molar-refractivity contribution is 5.30. The van der Waals surface area contributed by atoms with Crippen molar-refractivity contribution in [3.63, 3.8) is 0 Å². The summed E-state index contributed by atoms with van der Waals surface area (Å²) in [6.07, 6.45) is 0.546. The molecule has 0 radical (unpaired) electrons. The van der Waals surface area contributed by atoms with Crippen LogP contribution >= 0.6 is 0 Å². The third-order valence-corrected chi connectivity index (χ3v) is 2.64. The van der Waals surface area contributed by atoms with Gasteiger partial charge >= 0.3 is 0 Å². The fourth-order valence-electron chi connectivity index (χ4n) is 1.84. The molecule has 5 heteroatoms. The van der Waals surface area contributed by atoms with E-state index in [4.69, 9.17) is 9.47 Å². The van der Waals surface area contributed by atoms with Crippen molar-refractivity contribution >= 4 is 0 Å². The molecule has 100 valence electrons. The maximum Gasteiger partial charge on any atom is 0.251 e. The summed E-state index contributed by atoms with van der Waals surface area (Å²) >= 11 is 0. The second-order valence-corrected chi connectivity index (χ2v) is 4.14. The first-order valence-corrected chi connectivity index (χ1v) is 5.92. The first kappa shape index (κ1) is 13.3. The summed E-state index contributed by atoms with van der Waals surface area (Å²) in [5.74, 6) is 1.40. The van der Waals surface area contributed by atoms with Crippen molar-refractivity contribution in [2.24, 2.45) is 0 Å². The van der Waals surface area contributed by atoms with E-state index < -0.39 is 0 Å². The van der Waals surface area contributed by atoms with Gasteiger partial charge in [0.05, 0.1) is 19.4 Å². The lowest BCUT2D eigenvalue weighted by Crippen LogP contribution is -2.13. The lowest BCUT2D eigenvalue weighted by molar-refractivity contribution is 0.181. The van der Waals surface area contributed by atoms with E-state index in [2.05, 4.69) is 9.97 Å². The standard InChI is InChI=1S/C14H16N2O3/c1-18-9-11-8-14(17)16-13(15-11)7-10-4-3-5-12(6-10)19-2/h3-6,8H,7,9H2,1-2H3,(H,15,16,17). The Balaban J connectivity index is 2.24. The molecule has 1 aromatic heterocycles. The van der Waals surface area contributed by atoms with Crippen molar-refractivity contribution in [1.29, 1.82) is 0 Å². The first-order chi connectivity index (χ1) is 9.21. The van der Waals surface area contributed by atoms with Crippen LogP contribution in [0.2, 0.25) is 0 Å². The molecule has 0 bridgehead atoms. The van der Waals surface area contributed by atoms with E-state index in [1.807, 2.05) is 24.3 Å². The fraction of sp³-hybridized carbons (Fsp3) is 0.286. The molecule has 0 aliphatic carbocycles. The maximum atomic E-state index is 11.5. The number of ether oxygens (including phenoxy) is 2. The largest absolute Gasteiger partial charge is 0.497 e. The minimum atomic E-state index is -0.167. The zero-order valence-corrected chi connectivity index (χ0v) is 11.0. The van der Waals surface area contributed by atoms with Crippen molar-refractivity contribution in [3.05, 3.63) is 57.8 Å². The van der Waals surface area contributed by atoms with Crippen LogP contribution in [0, 0.1) is 0 Å². The lowest BCUT2D eigenvalue weighted by Gasteiger charge is -2.05. The molecule has 0 saturated heterocycles. The molecule has 5 nitrogen and oxygen atoms in total. The van der Waals surface area contributed by atoms with Crippen molar-refractivity contribution in [1.82, 2.24) is 9.97 Å². The van der Waals surface area contributed by atoms with Gasteiger partial charge in [0.2, 0.25) is 0 Å². The number of H-pyrrole nitrogens is 1. The van der Waals surface area contributed by atoms with E-state index in [0.29, 0.717) is 24.5 Å². The Bertz CT molecular complexity index is 608. The lowest BCUT2D eigenvalue weighted by atomic mass is 10.1. The summed E-state index contributed by atoms with van der Waals surface area (Å²) < 4.78 is 10.2. The van der Waals surface area contributed by atoms with Gasteiger partial charge in [0.15, 0.2) is 0 Å². The van der Waals surface area contributed by atoms with E-state index in [9.17, 15) is 4.79 Å². The van der Waals surface area contributed by atoms with E-state index in [1.54, 1.807) is 14.2 Å². The average Bonchev–Trinajstić information content (AvgIpc) is 2.38. The van der Waals surface area contributed by atoms with Gasteiger partial charge in [0.1, 0.15) is 11.6 Å². The molecule has 1 aromatic carbocycles. The monoisotopic (exact) mass is 260 g/mol. The number of nitrogens with one attached hydrogen (secondary N) is 1. The summed E-state index contributed by atoms with van der Waals surface area (Å²) in [4.78, 5) is 18.6. The molecule has 2 aromatic rings. The molecule has 19 heavy (non-hydrogen) atoms. The number of rotatable bonds is 5. The third-order valence-electron chi connectivity index (χ3n) is 2.64. The summed E-state index contributed by atoms with van der Waals surface area (Å²) in [5.41, 5.74) is 1.49. The Morgan fingerprint density at radius 2 is 2.11 bits per heavy atom. The minimum absolute atomic E-state index is 0.167. The van der Waals surface area contributed by atoms with Crippen LogP contribution in [0.15, 0.2) is 35.1 Å². The number of methoxy groups -OCH3 is 2. The molecule has 2 rings (SSSR count). The molecule has 1 heterocycles. The Labute approximate surface area is 111 Å². The molecule has 0 aliphatic rings. The van der Waals surface area contributed by atoms with Crippen LogP contribution in [0.25, 0.3) is 0 Å². The number of hydrogen-bond donors (Lipinski definition) is 1. The molecular weight excluding hydrogens is 244 g/mol. The van der Waals surface area contributed by atoms with Gasteiger partial charge in [-0.2, -0.15) is 0 Å². The molecule has 0 spiro atoms. The second kappa shape index (κ2) is 6.15. The van der Waals surface area contributed by atoms with Crippen molar-refractivity contribution in [2.75, 3.05) is 14.2 Å². The number of benzene rings is 1. The summed E-state index contributed by atoms with van der Waals surface area (Å²) in [6.45, 7) is 0.328. The highest BCUT2D eigenvalue weighted by Gasteiger charge is 2.03. The quantitative estimate of drug-likeness (QED) is 0.885. The topological polar surface area (TPSA) is 64.2 Å². The molecular formula is C14H16N2O3. The molecule has 0 fully saturated rings. The normalized spacial score (nSPS) is 10.4. The highest BCUT2D eigenvalue weighted by Crippen LogP contribution is 2.14. The second-order valence-electron chi connectivity index (χ2n) is 4.14. The Hall–Kier alpha value is -2.14. The number of aromatic amines is 1. The molecule has 0 atom stereocenters. The number of hydrogen-bond acceptors (Lipinski definition) is 4. The number of nitrogens with zero attached hydrogens (tertiary/aromatic N) is 1. The average molecular weight is 260 g/mol. The Morgan fingerprint density at radius 1 is 1.26 bits per heavy atom. The molecule has 0 saturated carbocycles. The first-order valence-electron chi connectivity index (χ1n) is 5.92. The highest BCUT2D eigenvalue weighted by atomic mass is 16.5.